The molecule has 0 radical (unpaired) electrons. The lowest BCUT2D eigenvalue weighted by atomic mass is 10.1. The molecule has 1 aromatic rings. The number of rotatable bonds is 11. The topological polar surface area (TPSA) is 125 Å². The zero-order valence-corrected chi connectivity index (χ0v) is 14.4. The van der Waals surface area contributed by atoms with Gasteiger partial charge in [0.2, 0.25) is 5.91 Å². The minimum atomic E-state index is -1.31. The van der Waals surface area contributed by atoms with Crippen molar-refractivity contribution in [2.45, 2.75) is 38.0 Å². The van der Waals surface area contributed by atoms with Gasteiger partial charge in [0.05, 0.1) is 6.61 Å². The zero-order valence-electron chi connectivity index (χ0n) is 14.4. The maximum atomic E-state index is 12.1. The minimum Gasteiger partial charge on any atom is -0.480 e. The number of aliphatic hydroxyl groups excluding tert-OH is 1. The van der Waals surface area contributed by atoms with Crippen molar-refractivity contribution in [3.05, 3.63) is 48.6 Å². The Labute approximate surface area is 151 Å². The van der Waals surface area contributed by atoms with E-state index in [0.29, 0.717) is 12.8 Å². The van der Waals surface area contributed by atoms with E-state index in [4.69, 9.17) is 9.84 Å². The quantitative estimate of drug-likeness (QED) is 0.345. The molecule has 0 saturated heterocycles. The van der Waals surface area contributed by atoms with Gasteiger partial charge in [0.1, 0.15) is 18.7 Å². The number of benzene rings is 1. The fourth-order valence-corrected chi connectivity index (χ4v) is 2.10. The second-order valence-electron chi connectivity index (χ2n) is 5.56. The maximum Gasteiger partial charge on any atom is 0.408 e. The van der Waals surface area contributed by atoms with Crippen LogP contribution in [0.15, 0.2) is 43.0 Å². The highest BCUT2D eigenvalue weighted by Gasteiger charge is 2.26. The van der Waals surface area contributed by atoms with E-state index in [-0.39, 0.29) is 13.0 Å². The normalized spacial score (nSPS) is 12.5. The fourth-order valence-electron chi connectivity index (χ4n) is 2.10. The summed E-state index contributed by atoms with van der Waals surface area (Å²) < 4.78 is 4.97. The first-order valence-corrected chi connectivity index (χ1v) is 8.20. The summed E-state index contributed by atoms with van der Waals surface area (Å²) >= 11 is 0. The molecule has 2 amide bonds. The van der Waals surface area contributed by atoms with E-state index >= 15 is 0 Å². The smallest absolute Gasteiger partial charge is 0.408 e. The molecule has 0 fully saturated rings. The molecule has 0 aliphatic heterocycles. The summed E-state index contributed by atoms with van der Waals surface area (Å²) in [6, 6.07) is 6.52. The number of nitrogens with one attached hydrogen (secondary N) is 2. The molecule has 0 unspecified atom stereocenters. The summed E-state index contributed by atoms with van der Waals surface area (Å²) in [5, 5.41) is 23.0. The number of carboxylic acids is 1. The van der Waals surface area contributed by atoms with Crippen molar-refractivity contribution in [2.24, 2.45) is 0 Å². The van der Waals surface area contributed by atoms with Gasteiger partial charge in [-0.25, -0.2) is 9.59 Å². The second kappa shape index (κ2) is 11.6. The average molecular weight is 364 g/mol. The van der Waals surface area contributed by atoms with Crippen LogP contribution in [0.3, 0.4) is 0 Å². The van der Waals surface area contributed by atoms with E-state index < -0.39 is 36.7 Å². The number of amides is 2. The number of carbonyl (C=O) groups is 3. The first kappa shape index (κ1) is 21.2. The van der Waals surface area contributed by atoms with E-state index in [1.54, 1.807) is 30.3 Å². The Morgan fingerprint density at radius 3 is 2.42 bits per heavy atom. The van der Waals surface area contributed by atoms with Crippen molar-refractivity contribution in [2.75, 3.05) is 6.61 Å². The predicted octanol–water partition coefficient (Wildman–Crippen LogP) is 1.20. The molecule has 2 atom stereocenters. The van der Waals surface area contributed by atoms with Crippen LogP contribution in [0.4, 0.5) is 4.79 Å². The van der Waals surface area contributed by atoms with Gasteiger partial charge >= 0.3 is 12.1 Å². The van der Waals surface area contributed by atoms with Crippen molar-refractivity contribution in [3.63, 3.8) is 0 Å². The van der Waals surface area contributed by atoms with Gasteiger partial charge in [-0.1, -0.05) is 36.4 Å². The number of hydrogen-bond acceptors (Lipinski definition) is 5. The van der Waals surface area contributed by atoms with Gasteiger partial charge < -0.3 is 25.6 Å². The van der Waals surface area contributed by atoms with Crippen LogP contribution in [-0.4, -0.2) is 46.9 Å². The van der Waals surface area contributed by atoms with Crippen LogP contribution in [0.1, 0.15) is 24.8 Å². The van der Waals surface area contributed by atoms with Crippen LogP contribution >= 0.6 is 0 Å². The highest BCUT2D eigenvalue weighted by Crippen LogP contribution is 2.03. The molecule has 0 aliphatic rings. The first-order valence-electron chi connectivity index (χ1n) is 8.20. The fraction of sp³-hybridized carbons (Fsp3) is 0.389. The van der Waals surface area contributed by atoms with Gasteiger partial charge in [0.15, 0.2) is 0 Å². The molecule has 0 bridgehead atoms. The number of unbranched alkanes of at least 4 members (excludes halogenated alkanes) is 1. The van der Waals surface area contributed by atoms with Crippen LogP contribution in [0.25, 0.3) is 0 Å². The number of carboxylic acid groups (broad SMARTS) is 1. The summed E-state index contributed by atoms with van der Waals surface area (Å²) in [5.74, 6) is -1.99. The van der Waals surface area contributed by atoms with Gasteiger partial charge in [-0.2, -0.15) is 0 Å². The lowest BCUT2D eigenvalue weighted by Crippen LogP contribution is -2.53. The minimum absolute atomic E-state index is 0.00570. The van der Waals surface area contributed by atoms with Gasteiger partial charge in [-0.05, 0) is 24.8 Å². The van der Waals surface area contributed by atoms with Crippen molar-refractivity contribution >= 4 is 18.0 Å². The summed E-state index contributed by atoms with van der Waals surface area (Å²) in [6.07, 6.45) is 2.14. The molecule has 0 heterocycles. The Bertz CT molecular complexity index is 605. The highest BCUT2D eigenvalue weighted by atomic mass is 16.5. The Morgan fingerprint density at radius 1 is 1.15 bits per heavy atom. The summed E-state index contributed by atoms with van der Waals surface area (Å²) in [6.45, 7) is 2.86. The molecule has 26 heavy (non-hydrogen) atoms. The lowest BCUT2D eigenvalue weighted by molar-refractivity contribution is -0.142. The number of aliphatic hydroxyl groups is 1. The van der Waals surface area contributed by atoms with Crippen LogP contribution in [0, 0.1) is 0 Å². The maximum absolute atomic E-state index is 12.1. The molecular weight excluding hydrogens is 340 g/mol. The molecule has 0 aliphatic carbocycles. The second-order valence-corrected chi connectivity index (χ2v) is 5.56. The Morgan fingerprint density at radius 2 is 1.85 bits per heavy atom. The number of allylic oxidation sites excluding steroid dienone is 1. The largest absolute Gasteiger partial charge is 0.480 e. The first-order chi connectivity index (χ1) is 12.5. The number of carbonyl (C=O) groups excluding carboxylic acids is 2. The Balaban J connectivity index is 2.51. The molecule has 1 rings (SSSR count). The summed E-state index contributed by atoms with van der Waals surface area (Å²) in [4.78, 5) is 35.1. The molecule has 0 saturated carbocycles. The Kier molecular flexibility index (Phi) is 9.48. The Hall–Kier alpha value is -2.87. The van der Waals surface area contributed by atoms with Gasteiger partial charge in [-0.3, -0.25) is 4.79 Å². The summed E-state index contributed by atoms with van der Waals surface area (Å²) in [7, 11) is 0. The third-order valence-corrected chi connectivity index (χ3v) is 3.52. The highest BCUT2D eigenvalue weighted by molar-refractivity contribution is 5.89. The predicted molar refractivity (Wildman–Crippen MR) is 94.3 cm³/mol. The van der Waals surface area contributed by atoms with Gasteiger partial charge in [0, 0.05) is 0 Å². The molecule has 1 aromatic carbocycles. The molecule has 0 aromatic heterocycles. The number of hydrogen-bond donors (Lipinski definition) is 4. The van der Waals surface area contributed by atoms with E-state index in [0.717, 1.165) is 5.56 Å². The van der Waals surface area contributed by atoms with Crippen molar-refractivity contribution in [1.29, 1.82) is 0 Å². The molecule has 8 heteroatoms. The zero-order chi connectivity index (χ0) is 19.4. The number of aliphatic carboxylic acids is 1. The molecule has 142 valence electrons. The third kappa shape index (κ3) is 7.80. The van der Waals surface area contributed by atoms with Gasteiger partial charge in [-0.15, -0.1) is 6.58 Å². The summed E-state index contributed by atoms with van der Waals surface area (Å²) in [5.41, 5.74) is 0.765. The average Bonchev–Trinajstić information content (AvgIpc) is 2.64. The SMILES string of the molecule is C=CCCC[C@@H](NC(=O)[C@H](CO)NC(=O)OCc1ccccc1)C(=O)O. The van der Waals surface area contributed by atoms with Crippen LogP contribution in [-0.2, 0) is 20.9 Å². The van der Waals surface area contributed by atoms with Crippen LogP contribution < -0.4 is 10.6 Å². The monoisotopic (exact) mass is 364 g/mol. The molecule has 4 N–H and O–H groups in total. The van der Waals surface area contributed by atoms with Crippen molar-refractivity contribution < 1.29 is 29.3 Å². The number of alkyl carbamates (subject to hydrolysis) is 1. The third-order valence-electron chi connectivity index (χ3n) is 3.52. The van der Waals surface area contributed by atoms with Crippen molar-refractivity contribution in [3.8, 4) is 0 Å². The number of ether oxygens (including phenoxy) is 1. The van der Waals surface area contributed by atoms with Crippen LogP contribution in [0.2, 0.25) is 0 Å². The lowest BCUT2D eigenvalue weighted by Gasteiger charge is -2.19. The van der Waals surface area contributed by atoms with E-state index in [9.17, 15) is 19.5 Å². The van der Waals surface area contributed by atoms with E-state index in [1.165, 1.54) is 0 Å². The standard InChI is InChI=1S/C18H24N2O6/c1-2-3-5-10-14(17(23)24)19-16(22)15(11-21)20-18(25)26-12-13-8-6-4-7-9-13/h2,4,6-9,14-15,21H,1,3,5,10-12H2,(H,19,22)(H,20,25)(H,23,24)/t14-,15+/m1/s1. The van der Waals surface area contributed by atoms with Crippen LogP contribution in [0.5, 0.6) is 0 Å². The van der Waals surface area contributed by atoms with Crippen molar-refractivity contribution in [1.82, 2.24) is 10.6 Å². The van der Waals surface area contributed by atoms with Gasteiger partial charge in [0.25, 0.3) is 0 Å². The molecule has 0 spiro atoms. The molecule has 8 nitrogen and oxygen atoms in total. The van der Waals surface area contributed by atoms with E-state index in [2.05, 4.69) is 17.2 Å². The molecular formula is C18H24N2O6. The van der Waals surface area contributed by atoms with E-state index in [1.807, 2.05) is 6.07 Å².